The second kappa shape index (κ2) is 5.68. The molecule has 0 aromatic heterocycles. The van der Waals surface area contributed by atoms with Crippen molar-refractivity contribution in [3.63, 3.8) is 0 Å². The monoisotopic (exact) mass is 260 g/mol. The summed E-state index contributed by atoms with van der Waals surface area (Å²) < 4.78 is 6.41. The Morgan fingerprint density at radius 2 is 2.21 bits per heavy atom. The fourth-order valence-corrected chi connectivity index (χ4v) is 2.50. The Hall–Kier alpha value is -0.991. The van der Waals surface area contributed by atoms with Gasteiger partial charge in [-0.05, 0) is 0 Å². The van der Waals surface area contributed by atoms with E-state index in [1.54, 1.807) is 0 Å². The summed E-state index contributed by atoms with van der Waals surface area (Å²) in [5.41, 5.74) is 0. The number of rotatable bonds is 5. The van der Waals surface area contributed by atoms with Crippen molar-refractivity contribution in [2.45, 2.75) is 12.2 Å². The van der Waals surface area contributed by atoms with Gasteiger partial charge in [0.15, 0.2) is 0 Å². The van der Waals surface area contributed by atoms with E-state index in [1.807, 2.05) is 31.2 Å². The van der Waals surface area contributed by atoms with Crippen molar-refractivity contribution >= 4 is 25.4 Å². The van der Waals surface area contributed by atoms with Crippen molar-refractivity contribution in [3.05, 3.63) is 24.3 Å². The third-order valence-corrected chi connectivity index (χ3v) is 3.68. The number of hydrogen-bond donors (Lipinski definition) is 1. The summed E-state index contributed by atoms with van der Waals surface area (Å²) in [6.45, 7) is 2.53. The fraction of sp³-hybridized carbons (Fsp3) is 0.300. The van der Waals surface area contributed by atoms with Gasteiger partial charge in [0.25, 0.3) is 0 Å². The van der Waals surface area contributed by atoms with Crippen LogP contribution in [-0.4, -0.2) is 32.6 Å². The molecule has 1 aromatic rings. The molecule has 14 heavy (non-hydrogen) atoms. The predicted molar refractivity (Wildman–Crippen MR) is 55.4 cm³/mol. The molecule has 0 amide bonds. The first-order valence-electron chi connectivity index (χ1n) is 4.30. The summed E-state index contributed by atoms with van der Waals surface area (Å²) >= 11 is -0.0441. The van der Waals surface area contributed by atoms with Gasteiger partial charge in [-0.3, -0.25) is 0 Å². The van der Waals surface area contributed by atoms with Crippen LogP contribution in [0.2, 0.25) is 5.32 Å². The molecule has 1 rings (SSSR count). The van der Waals surface area contributed by atoms with Crippen LogP contribution in [0.3, 0.4) is 0 Å². The summed E-state index contributed by atoms with van der Waals surface area (Å²) in [5.74, 6) is 0.0625. The van der Waals surface area contributed by atoms with Crippen molar-refractivity contribution in [2.24, 2.45) is 0 Å². The quantitative estimate of drug-likeness (QED) is 0.800. The van der Waals surface area contributed by atoms with E-state index < -0.39 is 5.97 Å². The Balaban J connectivity index is 2.68. The minimum absolute atomic E-state index is 0.0441. The van der Waals surface area contributed by atoms with Crippen LogP contribution in [-0.2, 0) is 4.79 Å². The Morgan fingerprint density at radius 3 is 2.86 bits per heavy atom. The molecular formula is C10H12O3Se. The van der Waals surface area contributed by atoms with Crippen LogP contribution >= 0.6 is 0 Å². The number of hydrogen-bond acceptors (Lipinski definition) is 2. The molecule has 0 atom stereocenters. The Bertz CT molecular complexity index is 312. The predicted octanol–water partition coefficient (Wildman–Crippen LogP) is 0.918. The Morgan fingerprint density at radius 1 is 1.50 bits per heavy atom. The van der Waals surface area contributed by atoms with Gasteiger partial charge in [0.2, 0.25) is 0 Å². The number of carboxylic acids is 1. The average Bonchev–Trinajstić information content (AvgIpc) is 2.17. The number of aliphatic carboxylic acids is 1. The molecule has 0 bridgehead atoms. The van der Waals surface area contributed by atoms with Gasteiger partial charge in [0.05, 0.1) is 0 Å². The van der Waals surface area contributed by atoms with Crippen LogP contribution in [0.4, 0.5) is 0 Å². The van der Waals surface area contributed by atoms with Gasteiger partial charge in [0, 0.05) is 0 Å². The summed E-state index contributed by atoms with van der Waals surface area (Å²) in [7, 11) is 0. The molecule has 0 aliphatic rings. The van der Waals surface area contributed by atoms with Crippen LogP contribution in [0.25, 0.3) is 0 Å². The number of carbonyl (C=O) groups is 1. The van der Waals surface area contributed by atoms with E-state index in [1.165, 1.54) is 0 Å². The van der Waals surface area contributed by atoms with E-state index in [0.717, 1.165) is 10.2 Å². The molecular weight excluding hydrogens is 247 g/mol. The van der Waals surface area contributed by atoms with Gasteiger partial charge in [-0.15, -0.1) is 0 Å². The number of ether oxygens (including phenoxy) is 1. The molecule has 3 nitrogen and oxygen atoms in total. The van der Waals surface area contributed by atoms with Crippen LogP contribution < -0.4 is 9.20 Å². The van der Waals surface area contributed by atoms with E-state index in [0.29, 0.717) is 6.61 Å². The van der Waals surface area contributed by atoms with E-state index in [4.69, 9.17) is 9.84 Å². The first-order chi connectivity index (χ1) is 6.74. The van der Waals surface area contributed by atoms with E-state index in [2.05, 4.69) is 0 Å². The number of benzene rings is 1. The zero-order valence-corrected chi connectivity index (χ0v) is 9.61. The number of carboxylic acid groups (broad SMARTS) is 1. The molecule has 0 spiro atoms. The standard InChI is InChI=1S/C10H12O3Se/c1-2-13-8-5-3-4-6-9(8)14-7-10(11)12/h3-6H,2,7H2,1H3,(H,11,12). The molecule has 1 aromatic carbocycles. The SMILES string of the molecule is CCOc1ccccc1[Se]CC(=O)O. The zero-order valence-electron chi connectivity index (χ0n) is 7.90. The fourth-order valence-electron chi connectivity index (χ4n) is 0.984. The summed E-state index contributed by atoms with van der Waals surface area (Å²) in [4.78, 5) is 10.4. The molecule has 4 heteroatoms. The second-order valence-corrected chi connectivity index (χ2v) is 4.70. The topological polar surface area (TPSA) is 46.5 Å². The molecule has 0 unspecified atom stereocenters. The van der Waals surface area contributed by atoms with Gasteiger partial charge in [-0.2, -0.15) is 0 Å². The summed E-state index contributed by atoms with van der Waals surface area (Å²) in [5, 5.41) is 8.78. The molecule has 0 aliphatic carbocycles. The third-order valence-electron chi connectivity index (χ3n) is 1.50. The molecule has 76 valence electrons. The molecule has 0 fully saturated rings. The van der Waals surface area contributed by atoms with Crippen LogP contribution in [0.5, 0.6) is 5.75 Å². The molecule has 0 radical (unpaired) electrons. The van der Waals surface area contributed by atoms with Crippen molar-refractivity contribution in [1.29, 1.82) is 0 Å². The molecule has 0 saturated carbocycles. The first-order valence-corrected chi connectivity index (χ1v) is 6.37. The molecule has 0 heterocycles. The van der Waals surface area contributed by atoms with E-state index in [-0.39, 0.29) is 20.3 Å². The van der Waals surface area contributed by atoms with E-state index >= 15 is 0 Å². The maximum atomic E-state index is 10.4. The van der Waals surface area contributed by atoms with Gasteiger partial charge >= 0.3 is 88.9 Å². The van der Waals surface area contributed by atoms with Crippen molar-refractivity contribution in [2.75, 3.05) is 6.61 Å². The summed E-state index contributed by atoms with van der Waals surface area (Å²) in [6, 6.07) is 7.60. The van der Waals surface area contributed by atoms with Gasteiger partial charge in [-0.1, -0.05) is 0 Å². The average molecular weight is 259 g/mol. The Kier molecular flexibility index (Phi) is 4.50. The van der Waals surface area contributed by atoms with Crippen LogP contribution in [0, 0.1) is 0 Å². The number of para-hydroxylation sites is 1. The van der Waals surface area contributed by atoms with Gasteiger partial charge in [-0.25, -0.2) is 0 Å². The van der Waals surface area contributed by atoms with E-state index in [9.17, 15) is 4.79 Å². The van der Waals surface area contributed by atoms with Crippen LogP contribution in [0.1, 0.15) is 6.92 Å². The van der Waals surface area contributed by atoms with Gasteiger partial charge in [0.1, 0.15) is 0 Å². The van der Waals surface area contributed by atoms with Gasteiger partial charge < -0.3 is 0 Å². The minimum atomic E-state index is -0.753. The Labute approximate surface area is 89.2 Å². The zero-order chi connectivity index (χ0) is 10.4. The third kappa shape index (κ3) is 3.40. The second-order valence-electron chi connectivity index (χ2n) is 2.56. The molecule has 1 N–H and O–H groups in total. The summed E-state index contributed by atoms with van der Waals surface area (Å²) in [6.07, 6.45) is 0. The maximum absolute atomic E-state index is 10.4. The van der Waals surface area contributed by atoms with Crippen molar-refractivity contribution in [3.8, 4) is 5.75 Å². The van der Waals surface area contributed by atoms with Crippen molar-refractivity contribution < 1.29 is 14.6 Å². The first kappa shape index (κ1) is 11.1. The molecule has 0 saturated heterocycles. The normalized spacial score (nSPS) is 9.79. The van der Waals surface area contributed by atoms with Crippen LogP contribution in [0.15, 0.2) is 24.3 Å². The molecule has 0 aliphatic heterocycles. The van der Waals surface area contributed by atoms with Crippen molar-refractivity contribution in [1.82, 2.24) is 0 Å².